The van der Waals surface area contributed by atoms with E-state index in [0.717, 1.165) is 5.56 Å². The molecule has 108 valence electrons. The number of hydrazine groups is 1. The van der Waals surface area contributed by atoms with Gasteiger partial charge in [-0.2, -0.15) is 0 Å². The van der Waals surface area contributed by atoms with Crippen molar-refractivity contribution in [2.45, 2.75) is 12.8 Å². The van der Waals surface area contributed by atoms with E-state index in [-0.39, 0.29) is 18.2 Å². The SMILES string of the molecule is O=C(CCc1cccnc1)NNC(=O)c1ccc(Cl)cc1. The summed E-state index contributed by atoms with van der Waals surface area (Å²) < 4.78 is 0. The van der Waals surface area contributed by atoms with Gasteiger partial charge >= 0.3 is 0 Å². The second-order valence-electron chi connectivity index (χ2n) is 4.37. The molecular weight excluding hydrogens is 290 g/mol. The summed E-state index contributed by atoms with van der Waals surface area (Å²) in [7, 11) is 0. The van der Waals surface area contributed by atoms with E-state index >= 15 is 0 Å². The van der Waals surface area contributed by atoms with Gasteiger partial charge in [-0.05, 0) is 42.3 Å². The van der Waals surface area contributed by atoms with Gasteiger partial charge in [0.05, 0.1) is 0 Å². The maximum atomic E-state index is 11.8. The molecule has 0 radical (unpaired) electrons. The van der Waals surface area contributed by atoms with Crippen molar-refractivity contribution in [1.82, 2.24) is 15.8 Å². The summed E-state index contributed by atoms with van der Waals surface area (Å²) in [5.74, 6) is -0.650. The number of amides is 2. The molecule has 2 aromatic rings. The van der Waals surface area contributed by atoms with Gasteiger partial charge in [0.15, 0.2) is 0 Å². The fourth-order valence-corrected chi connectivity index (χ4v) is 1.79. The number of nitrogens with zero attached hydrogens (tertiary/aromatic N) is 1. The van der Waals surface area contributed by atoms with Crippen LogP contribution in [0.25, 0.3) is 0 Å². The molecule has 0 saturated heterocycles. The lowest BCUT2D eigenvalue weighted by molar-refractivity contribution is -0.121. The fourth-order valence-electron chi connectivity index (χ4n) is 1.67. The highest BCUT2D eigenvalue weighted by Gasteiger charge is 2.07. The lowest BCUT2D eigenvalue weighted by Crippen LogP contribution is -2.41. The van der Waals surface area contributed by atoms with E-state index < -0.39 is 0 Å². The molecule has 0 fully saturated rings. The quantitative estimate of drug-likeness (QED) is 0.850. The van der Waals surface area contributed by atoms with E-state index in [2.05, 4.69) is 15.8 Å². The van der Waals surface area contributed by atoms with E-state index in [1.54, 1.807) is 36.7 Å². The fraction of sp³-hybridized carbons (Fsp3) is 0.133. The molecule has 0 bridgehead atoms. The minimum Gasteiger partial charge on any atom is -0.273 e. The van der Waals surface area contributed by atoms with E-state index in [4.69, 9.17) is 11.6 Å². The monoisotopic (exact) mass is 303 g/mol. The minimum absolute atomic E-state index is 0.263. The Balaban J connectivity index is 1.76. The number of hydrogen-bond acceptors (Lipinski definition) is 3. The average molecular weight is 304 g/mol. The molecule has 2 rings (SSSR count). The molecule has 2 N–H and O–H groups in total. The molecule has 0 aliphatic rings. The number of halogens is 1. The average Bonchev–Trinajstić information content (AvgIpc) is 2.52. The van der Waals surface area contributed by atoms with Crippen molar-refractivity contribution in [2.24, 2.45) is 0 Å². The zero-order chi connectivity index (χ0) is 15.1. The Morgan fingerprint density at radius 3 is 2.52 bits per heavy atom. The molecule has 5 nitrogen and oxygen atoms in total. The largest absolute Gasteiger partial charge is 0.273 e. The number of rotatable bonds is 4. The number of aromatic nitrogens is 1. The van der Waals surface area contributed by atoms with Crippen LogP contribution in [-0.4, -0.2) is 16.8 Å². The Labute approximate surface area is 127 Å². The maximum absolute atomic E-state index is 11.8. The van der Waals surface area contributed by atoms with Crippen LogP contribution in [0.1, 0.15) is 22.3 Å². The highest BCUT2D eigenvalue weighted by atomic mass is 35.5. The number of aryl methyl sites for hydroxylation is 1. The second kappa shape index (κ2) is 7.40. The first-order chi connectivity index (χ1) is 10.1. The van der Waals surface area contributed by atoms with Gasteiger partial charge in [-0.15, -0.1) is 0 Å². The summed E-state index contributed by atoms with van der Waals surface area (Å²) in [6.45, 7) is 0. The van der Waals surface area contributed by atoms with Crippen LogP contribution in [-0.2, 0) is 11.2 Å². The lowest BCUT2D eigenvalue weighted by Gasteiger charge is -2.07. The number of carbonyl (C=O) groups excluding carboxylic acids is 2. The third-order valence-corrected chi connectivity index (χ3v) is 3.04. The summed E-state index contributed by atoms with van der Waals surface area (Å²) in [6, 6.07) is 10.1. The molecule has 0 aliphatic heterocycles. The third kappa shape index (κ3) is 4.89. The van der Waals surface area contributed by atoms with Crippen LogP contribution < -0.4 is 10.9 Å². The molecule has 21 heavy (non-hydrogen) atoms. The summed E-state index contributed by atoms with van der Waals surface area (Å²) in [6.07, 6.45) is 4.22. The van der Waals surface area contributed by atoms with E-state index in [0.29, 0.717) is 17.0 Å². The first-order valence-electron chi connectivity index (χ1n) is 6.39. The predicted octanol–water partition coefficient (Wildman–Crippen LogP) is 2.13. The van der Waals surface area contributed by atoms with Gasteiger partial charge in [0.25, 0.3) is 5.91 Å². The standard InChI is InChI=1S/C15H14ClN3O2/c16-13-6-4-12(5-7-13)15(21)19-18-14(20)8-3-11-2-1-9-17-10-11/h1-2,4-7,9-10H,3,8H2,(H,18,20)(H,19,21). The van der Waals surface area contributed by atoms with Crippen LogP contribution in [0.4, 0.5) is 0 Å². The zero-order valence-corrected chi connectivity index (χ0v) is 11.9. The molecule has 0 unspecified atom stereocenters. The van der Waals surface area contributed by atoms with Crippen molar-refractivity contribution in [1.29, 1.82) is 0 Å². The Kier molecular flexibility index (Phi) is 5.29. The van der Waals surface area contributed by atoms with Crippen molar-refractivity contribution in [3.8, 4) is 0 Å². The highest BCUT2D eigenvalue weighted by molar-refractivity contribution is 6.30. The topological polar surface area (TPSA) is 71.1 Å². The number of benzene rings is 1. The van der Waals surface area contributed by atoms with Gasteiger partial charge in [0.2, 0.25) is 5.91 Å². The van der Waals surface area contributed by atoms with Crippen LogP contribution >= 0.6 is 11.6 Å². The molecule has 1 aromatic carbocycles. The van der Waals surface area contributed by atoms with Crippen molar-refractivity contribution in [3.05, 3.63) is 64.9 Å². The molecular formula is C15H14ClN3O2. The number of hydrogen-bond donors (Lipinski definition) is 2. The van der Waals surface area contributed by atoms with Gasteiger partial charge in [-0.1, -0.05) is 17.7 Å². The maximum Gasteiger partial charge on any atom is 0.269 e. The summed E-state index contributed by atoms with van der Waals surface area (Å²) in [4.78, 5) is 27.4. The smallest absolute Gasteiger partial charge is 0.269 e. The molecule has 0 aliphatic carbocycles. The van der Waals surface area contributed by atoms with Crippen LogP contribution in [0, 0.1) is 0 Å². The molecule has 0 saturated carbocycles. The first kappa shape index (κ1) is 15.0. The number of pyridine rings is 1. The molecule has 1 aromatic heterocycles. The lowest BCUT2D eigenvalue weighted by atomic mass is 10.1. The highest BCUT2D eigenvalue weighted by Crippen LogP contribution is 2.09. The molecule has 2 amide bonds. The molecule has 0 spiro atoms. The van der Waals surface area contributed by atoms with Gasteiger partial charge in [0, 0.05) is 29.4 Å². The minimum atomic E-state index is -0.388. The number of carbonyl (C=O) groups is 2. The normalized spacial score (nSPS) is 9.95. The third-order valence-electron chi connectivity index (χ3n) is 2.79. The van der Waals surface area contributed by atoms with Crippen molar-refractivity contribution < 1.29 is 9.59 Å². The predicted molar refractivity (Wildman–Crippen MR) is 79.6 cm³/mol. The van der Waals surface area contributed by atoms with Gasteiger partial charge < -0.3 is 0 Å². The molecule has 6 heteroatoms. The van der Waals surface area contributed by atoms with E-state index in [1.807, 2.05) is 12.1 Å². The van der Waals surface area contributed by atoms with Crippen molar-refractivity contribution >= 4 is 23.4 Å². The summed E-state index contributed by atoms with van der Waals surface area (Å²) >= 11 is 5.74. The van der Waals surface area contributed by atoms with Gasteiger partial charge in [0.1, 0.15) is 0 Å². The zero-order valence-electron chi connectivity index (χ0n) is 11.2. The first-order valence-corrected chi connectivity index (χ1v) is 6.76. The van der Waals surface area contributed by atoms with Crippen molar-refractivity contribution in [2.75, 3.05) is 0 Å². The summed E-state index contributed by atoms with van der Waals surface area (Å²) in [5.41, 5.74) is 6.12. The Morgan fingerprint density at radius 1 is 1.10 bits per heavy atom. The van der Waals surface area contributed by atoms with Gasteiger partial charge in [-0.3, -0.25) is 25.4 Å². The van der Waals surface area contributed by atoms with Gasteiger partial charge in [-0.25, -0.2) is 0 Å². The Hall–Kier alpha value is -2.40. The second-order valence-corrected chi connectivity index (χ2v) is 4.81. The van der Waals surface area contributed by atoms with Crippen molar-refractivity contribution in [3.63, 3.8) is 0 Å². The van der Waals surface area contributed by atoms with E-state index in [9.17, 15) is 9.59 Å². The molecule has 0 atom stereocenters. The van der Waals surface area contributed by atoms with E-state index in [1.165, 1.54) is 0 Å². The molecule has 1 heterocycles. The van der Waals surface area contributed by atoms with Crippen LogP contribution in [0.15, 0.2) is 48.8 Å². The van der Waals surface area contributed by atoms with Crippen LogP contribution in [0.2, 0.25) is 5.02 Å². The Bertz CT molecular complexity index is 615. The van der Waals surface area contributed by atoms with Crippen LogP contribution in [0.5, 0.6) is 0 Å². The summed E-state index contributed by atoms with van der Waals surface area (Å²) in [5, 5.41) is 0.548. The van der Waals surface area contributed by atoms with Crippen LogP contribution in [0.3, 0.4) is 0 Å². The number of nitrogens with one attached hydrogen (secondary N) is 2. The Morgan fingerprint density at radius 2 is 1.86 bits per heavy atom.